The number of hydrogen-bond acceptors (Lipinski definition) is 4. The van der Waals surface area contributed by atoms with Gasteiger partial charge in [-0.15, -0.1) is 0 Å². The van der Waals surface area contributed by atoms with Crippen molar-refractivity contribution in [2.24, 2.45) is 0 Å². The van der Waals surface area contributed by atoms with Gasteiger partial charge in [-0.3, -0.25) is 9.59 Å². The second-order valence-corrected chi connectivity index (χ2v) is 10.9. The van der Waals surface area contributed by atoms with Crippen molar-refractivity contribution in [3.63, 3.8) is 0 Å². The summed E-state index contributed by atoms with van der Waals surface area (Å²) in [6, 6.07) is 32.2. The Bertz CT molecular complexity index is 1630. The molecule has 0 saturated carbocycles. The fraction of sp³-hybridized carbons (Fsp3) is 0.257. The van der Waals surface area contributed by atoms with Crippen LogP contribution in [0.4, 0.5) is 0 Å². The molecule has 2 atom stereocenters. The Labute approximate surface area is 246 Å². The number of nitrogens with zero attached hydrogens (tertiary/aromatic N) is 1. The van der Waals surface area contributed by atoms with Crippen molar-refractivity contribution in [3.8, 4) is 0 Å². The SMILES string of the molecule is CN(Cc1ccccc1)C(=O)C[C@H](NCCNC(CC(=O)O)Cc1c[nH]c2ccccc12)c1ccc2ccccc2c1. The van der Waals surface area contributed by atoms with Crippen molar-refractivity contribution in [2.75, 3.05) is 20.1 Å². The average molecular weight is 563 g/mol. The van der Waals surface area contributed by atoms with E-state index in [1.165, 1.54) is 0 Å². The summed E-state index contributed by atoms with van der Waals surface area (Å²) in [6.07, 6.45) is 2.91. The molecule has 0 spiro atoms. The van der Waals surface area contributed by atoms with Gasteiger partial charge in [0.15, 0.2) is 0 Å². The van der Waals surface area contributed by atoms with Gasteiger partial charge in [-0.2, -0.15) is 0 Å². The van der Waals surface area contributed by atoms with Crippen LogP contribution in [0, 0.1) is 0 Å². The van der Waals surface area contributed by atoms with Crippen molar-refractivity contribution in [2.45, 2.75) is 37.9 Å². The molecule has 1 amide bonds. The van der Waals surface area contributed by atoms with Crippen LogP contribution in [-0.2, 0) is 22.6 Å². The Morgan fingerprint density at radius 3 is 2.36 bits per heavy atom. The number of carboxylic acids is 1. The summed E-state index contributed by atoms with van der Waals surface area (Å²) in [4.78, 5) is 30.0. The maximum Gasteiger partial charge on any atom is 0.304 e. The highest BCUT2D eigenvalue weighted by Crippen LogP contribution is 2.24. The molecule has 216 valence electrons. The number of aromatic nitrogens is 1. The second kappa shape index (κ2) is 13.9. The largest absolute Gasteiger partial charge is 0.481 e. The third-order valence-corrected chi connectivity index (χ3v) is 7.75. The third kappa shape index (κ3) is 7.63. The standard InChI is InChI=1S/C35H38N4O3/c1-39(24-25-9-3-2-4-10-25)34(40)22-33(28-16-15-26-11-5-6-12-27(26)19-28)37-18-17-36-30(21-35(41)42)20-29-23-38-32-14-8-7-13-31(29)32/h2-16,19,23,30,33,36-38H,17-18,20-22,24H2,1H3,(H,41,42)/t30?,33-/m0/s1. The fourth-order valence-electron chi connectivity index (χ4n) is 5.52. The van der Waals surface area contributed by atoms with Gasteiger partial charge in [0.05, 0.1) is 6.42 Å². The maximum atomic E-state index is 13.3. The number of aromatic amines is 1. The minimum Gasteiger partial charge on any atom is -0.481 e. The normalized spacial score (nSPS) is 12.8. The number of aliphatic carboxylic acids is 1. The predicted molar refractivity (Wildman–Crippen MR) is 168 cm³/mol. The average Bonchev–Trinajstić information content (AvgIpc) is 3.41. The number of para-hydroxylation sites is 1. The van der Waals surface area contributed by atoms with E-state index in [0.717, 1.165) is 38.4 Å². The summed E-state index contributed by atoms with van der Waals surface area (Å²) < 4.78 is 0. The third-order valence-electron chi connectivity index (χ3n) is 7.75. The van der Waals surface area contributed by atoms with E-state index >= 15 is 0 Å². The van der Waals surface area contributed by atoms with Crippen molar-refractivity contribution >= 4 is 33.6 Å². The molecule has 0 aliphatic heterocycles. The van der Waals surface area contributed by atoms with Crippen LogP contribution in [-0.4, -0.2) is 53.0 Å². The van der Waals surface area contributed by atoms with E-state index in [9.17, 15) is 14.7 Å². The zero-order valence-corrected chi connectivity index (χ0v) is 23.9. The second-order valence-electron chi connectivity index (χ2n) is 10.9. The zero-order chi connectivity index (χ0) is 29.3. The molecule has 0 radical (unpaired) electrons. The maximum absolute atomic E-state index is 13.3. The summed E-state index contributed by atoms with van der Waals surface area (Å²) in [5, 5.41) is 20.0. The number of rotatable bonds is 14. The molecule has 1 aromatic heterocycles. The fourth-order valence-corrected chi connectivity index (χ4v) is 5.52. The van der Waals surface area contributed by atoms with E-state index in [2.05, 4.69) is 52.0 Å². The molecular weight excluding hydrogens is 524 g/mol. The van der Waals surface area contributed by atoms with Crippen molar-refractivity contribution < 1.29 is 14.7 Å². The lowest BCUT2D eigenvalue weighted by molar-refractivity contribution is -0.137. The Morgan fingerprint density at radius 2 is 1.55 bits per heavy atom. The Hall–Kier alpha value is -4.46. The molecule has 0 aliphatic carbocycles. The highest BCUT2D eigenvalue weighted by atomic mass is 16.4. The molecular formula is C35H38N4O3. The number of amides is 1. The highest BCUT2D eigenvalue weighted by Gasteiger charge is 2.20. The molecule has 0 saturated heterocycles. The molecule has 0 fully saturated rings. The van der Waals surface area contributed by atoms with Gasteiger partial charge in [0.1, 0.15) is 0 Å². The number of hydrogen-bond donors (Lipinski definition) is 4. The Kier molecular flexibility index (Phi) is 9.64. The summed E-state index contributed by atoms with van der Waals surface area (Å²) in [7, 11) is 1.84. The highest BCUT2D eigenvalue weighted by molar-refractivity contribution is 5.84. The molecule has 7 nitrogen and oxygen atoms in total. The van der Waals surface area contributed by atoms with Gasteiger partial charge in [-0.1, -0.05) is 84.9 Å². The molecule has 1 heterocycles. The van der Waals surface area contributed by atoms with Crippen LogP contribution in [0.3, 0.4) is 0 Å². The lowest BCUT2D eigenvalue weighted by Gasteiger charge is -2.24. The first kappa shape index (κ1) is 29.0. The first-order valence-corrected chi connectivity index (χ1v) is 14.5. The molecule has 4 N–H and O–H groups in total. The first-order valence-electron chi connectivity index (χ1n) is 14.5. The summed E-state index contributed by atoms with van der Waals surface area (Å²) in [5.41, 5.74) is 4.28. The van der Waals surface area contributed by atoms with Gasteiger partial charge in [0.25, 0.3) is 0 Å². The van der Waals surface area contributed by atoms with Crippen LogP contribution in [0.2, 0.25) is 0 Å². The van der Waals surface area contributed by atoms with Gasteiger partial charge in [-0.25, -0.2) is 0 Å². The number of nitrogens with one attached hydrogen (secondary N) is 3. The van der Waals surface area contributed by atoms with Gasteiger partial charge >= 0.3 is 5.97 Å². The van der Waals surface area contributed by atoms with Crippen LogP contribution in [0.5, 0.6) is 0 Å². The number of fused-ring (bicyclic) bond motifs is 2. The molecule has 7 heteroatoms. The molecule has 42 heavy (non-hydrogen) atoms. The molecule has 5 aromatic rings. The quantitative estimate of drug-likeness (QED) is 0.131. The van der Waals surface area contributed by atoms with E-state index in [1.807, 2.05) is 73.9 Å². The van der Waals surface area contributed by atoms with Crippen molar-refractivity contribution in [1.82, 2.24) is 20.5 Å². The van der Waals surface area contributed by atoms with Gasteiger partial charge in [0, 0.05) is 62.3 Å². The minimum atomic E-state index is -0.832. The van der Waals surface area contributed by atoms with Crippen LogP contribution in [0.15, 0.2) is 103 Å². The first-order chi connectivity index (χ1) is 20.5. The molecule has 0 aliphatic rings. The van der Waals surface area contributed by atoms with Gasteiger partial charge < -0.3 is 25.6 Å². The number of carboxylic acid groups (broad SMARTS) is 1. The van der Waals surface area contributed by atoms with E-state index in [4.69, 9.17) is 0 Å². The van der Waals surface area contributed by atoms with Crippen LogP contribution in [0.25, 0.3) is 21.7 Å². The Balaban J connectivity index is 1.25. The van der Waals surface area contributed by atoms with Crippen molar-refractivity contribution in [1.29, 1.82) is 0 Å². The molecule has 1 unspecified atom stereocenters. The van der Waals surface area contributed by atoms with Crippen LogP contribution < -0.4 is 10.6 Å². The van der Waals surface area contributed by atoms with Gasteiger partial charge in [-0.05, 0) is 46.0 Å². The summed E-state index contributed by atoms with van der Waals surface area (Å²) >= 11 is 0. The van der Waals surface area contributed by atoms with E-state index < -0.39 is 5.97 Å². The minimum absolute atomic E-state index is 0.0242. The molecule has 5 rings (SSSR count). The lowest BCUT2D eigenvalue weighted by Crippen LogP contribution is -2.39. The Morgan fingerprint density at radius 1 is 0.833 bits per heavy atom. The zero-order valence-electron chi connectivity index (χ0n) is 23.9. The summed E-state index contributed by atoms with van der Waals surface area (Å²) in [5.74, 6) is -0.776. The number of H-pyrrole nitrogens is 1. The number of carbonyl (C=O) groups excluding carboxylic acids is 1. The molecule has 4 aromatic carbocycles. The topological polar surface area (TPSA) is 97.5 Å². The monoisotopic (exact) mass is 562 g/mol. The number of carbonyl (C=O) groups is 2. The predicted octanol–water partition coefficient (Wildman–Crippen LogP) is 5.68. The number of benzene rings is 4. The molecule has 0 bridgehead atoms. The van der Waals surface area contributed by atoms with Crippen LogP contribution >= 0.6 is 0 Å². The summed E-state index contributed by atoms with van der Waals surface area (Å²) in [6.45, 7) is 1.70. The van der Waals surface area contributed by atoms with Crippen molar-refractivity contribution in [3.05, 3.63) is 120 Å². The smallest absolute Gasteiger partial charge is 0.304 e. The lowest BCUT2D eigenvalue weighted by atomic mass is 9.99. The van der Waals surface area contributed by atoms with Gasteiger partial charge in [0.2, 0.25) is 5.91 Å². The van der Waals surface area contributed by atoms with E-state index in [1.54, 1.807) is 4.90 Å². The van der Waals surface area contributed by atoms with E-state index in [0.29, 0.717) is 32.5 Å². The van der Waals surface area contributed by atoms with E-state index in [-0.39, 0.29) is 24.4 Å². The van der Waals surface area contributed by atoms with Crippen LogP contribution in [0.1, 0.15) is 35.6 Å².